The highest BCUT2D eigenvalue weighted by Gasteiger charge is 2.26. The van der Waals surface area contributed by atoms with Crippen LogP contribution in [0.2, 0.25) is 0 Å². The van der Waals surface area contributed by atoms with Crippen molar-refractivity contribution in [2.75, 3.05) is 24.6 Å². The van der Waals surface area contributed by atoms with Crippen LogP contribution in [0.1, 0.15) is 16.8 Å². The molecule has 0 aliphatic carbocycles. The summed E-state index contributed by atoms with van der Waals surface area (Å²) in [7, 11) is 0. The molecule has 0 unspecified atom stereocenters. The molecule has 1 fully saturated rings. The molecule has 1 aromatic heterocycles. The predicted molar refractivity (Wildman–Crippen MR) is 88.6 cm³/mol. The first-order valence-corrected chi connectivity index (χ1v) is 8.44. The van der Waals surface area contributed by atoms with Crippen LogP contribution in [0.5, 0.6) is 0 Å². The van der Waals surface area contributed by atoms with Gasteiger partial charge in [0, 0.05) is 34.2 Å². The molecule has 1 aromatic carbocycles. The van der Waals surface area contributed by atoms with Gasteiger partial charge in [-0.15, -0.1) is 11.3 Å². The maximum atomic E-state index is 10.8. The van der Waals surface area contributed by atoms with Gasteiger partial charge in [-0.2, -0.15) is 0 Å². The van der Waals surface area contributed by atoms with Gasteiger partial charge < -0.3 is 9.64 Å². The van der Waals surface area contributed by atoms with Crippen molar-refractivity contribution in [2.45, 2.75) is 13.0 Å². The van der Waals surface area contributed by atoms with Gasteiger partial charge in [0.1, 0.15) is 11.1 Å². The highest BCUT2D eigenvalue weighted by Crippen LogP contribution is 2.34. The summed E-state index contributed by atoms with van der Waals surface area (Å²) in [6.45, 7) is 4.00. The molecule has 8 heteroatoms. The Hall–Kier alpha value is -1.51. The van der Waals surface area contributed by atoms with Crippen molar-refractivity contribution in [3.8, 4) is 0 Å². The second-order valence-corrected chi connectivity index (χ2v) is 6.77. The van der Waals surface area contributed by atoms with Gasteiger partial charge in [0.15, 0.2) is 0 Å². The number of hydrogen-bond acceptors (Lipinski definition) is 6. The van der Waals surface area contributed by atoms with E-state index in [0.717, 1.165) is 27.4 Å². The standard InChI is InChI=1S/C14H14BrN3O3S/c1-9-8-22-14(16-9)13-7-17(4-5-21-13)12-3-2-10(18(19)20)6-11(12)15/h2-3,6,8,13H,4-5,7H2,1H3/t13-/m1/s1. The molecule has 2 heterocycles. The van der Waals surface area contributed by atoms with Gasteiger partial charge in [-0.1, -0.05) is 0 Å². The monoisotopic (exact) mass is 383 g/mol. The number of nitro benzene ring substituents is 1. The van der Waals surface area contributed by atoms with E-state index >= 15 is 0 Å². The molecule has 0 amide bonds. The van der Waals surface area contributed by atoms with E-state index in [1.807, 2.05) is 12.3 Å². The van der Waals surface area contributed by atoms with E-state index in [2.05, 4.69) is 25.8 Å². The van der Waals surface area contributed by atoms with Crippen molar-refractivity contribution in [2.24, 2.45) is 0 Å². The van der Waals surface area contributed by atoms with Crippen LogP contribution in [0, 0.1) is 17.0 Å². The lowest BCUT2D eigenvalue weighted by atomic mass is 10.2. The molecule has 1 aliphatic rings. The molecule has 0 radical (unpaired) electrons. The minimum absolute atomic E-state index is 0.0606. The maximum absolute atomic E-state index is 10.8. The topological polar surface area (TPSA) is 68.5 Å². The largest absolute Gasteiger partial charge is 0.367 e. The number of nitrogens with zero attached hydrogens (tertiary/aromatic N) is 3. The van der Waals surface area contributed by atoms with Gasteiger partial charge >= 0.3 is 0 Å². The van der Waals surface area contributed by atoms with Crippen LogP contribution < -0.4 is 4.90 Å². The van der Waals surface area contributed by atoms with Gasteiger partial charge in [0.05, 0.1) is 23.8 Å². The minimum atomic E-state index is -0.394. The van der Waals surface area contributed by atoms with Crippen molar-refractivity contribution in [1.29, 1.82) is 0 Å². The van der Waals surface area contributed by atoms with Crippen LogP contribution in [0.25, 0.3) is 0 Å². The quantitative estimate of drug-likeness (QED) is 0.596. The molecular weight excluding hydrogens is 370 g/mol. The molecule has 0 N–H and O–H groups in total. The Labute approximate surface area is 140 Å². The summed E-state index contributed by atoms with van der Waals surface area (Å²) >= 11 is 5.03. The molecule has 0 saturated carbocycles. The Bertz CT molecular complexity index is 706. The molecule has 0 spiro atoms. The SMILES string of the molecule is Cc1csc([C@H]2CN(c3ccc([N+](=O)[O-])cc3Br)CCO2)n1. The van der Waals surface area contributed by atoms with Crippen LogP contribution in [0.3, 0.4) is 0 Å². The zero-order valence-electron chi connectivity index (χ0n) is 11.9. The van der Waals surface area contributed by atoms with Crippen LogP contribution in [0.4, 0.5) is 11.4 Å². The summed E-state index contributed by atoms with van der Waals surface area (Å²) in [4.78, 5) is 17.1. The van der Waals surface area contributed by atoms with Crippen LogP contribution in [-0.4, -0.2) is 29.6 Å². The van der Waals surface area contributed by atoms with E-state index < -0.39 is 4.92 Å². The summed E-state index contributed by atoms with van der Waals surface area (Å²) in [5.74, 6) is 0. The Kier molecular flexibility index (Phi) is 4.42. The lowest BCUT2D eigenvalue weighted by Crippen LogP contribution is -2.38. The molecule has 6 nitrogen and oxygen atoms in total. The number of nitro groups is 1. The third-order valence-electron chi connectivity index (χ3n) is 3.46. The highest BCUT2D eigenvalue weighted by molar-refractivity contribution is 9.10. The number of morpholine rings is 1. The Morgan fingerprint density at radius 1 is 1.55 bits per heavy atom. The Morgan fingerprint density at radius 2 is 2.36 bits per heavy atom. The summed E-state index contributed by atoms with van der Waals surface area (Å²) in [6.07, 6.45) is -0.0606. The molecule has 1 atom stereocenters. The number of hydrogen-bond donors (Lipinski definition) is 0. The molecular formula is C14H14BrN3O3S. The van der Waals surface area contributed by atoms with E-state index in [1.54, 1.807) is 17.4 Å². The van der Waals surface area contributed by atoms with Gasteiger partial charge in [-0.25, -0.2) is 4.98 Å². The maximum Gasteiger partial charge on any atom is 0.270 e. The number of benzene rings is 1. The van der Waals surface area contributed by atoms with E-state index in [4.69, 9.17) is 4.74 Å². The summed E-state index contributed by atoms with van der Waals surface area (Å²) in [5, 5.41) is 13.8. The van der Waals surface area contributed by atoms with Crippen molar-refractivity contribution in [1.82, 2.24) is 4.98 Å². The minimum Gasteiger partial charge on any atom is -0.367 e. The first-order chi connectivity index (χ1) is 10.5. The third-order valence-corrected chi connectivity index (χ3v) is 5.15. The third kappa shape index (κ3) is 3.13. The molecule has 3 rings (SSSR count). The number of halogens is 1. The van der Waals surface area contributed by atoms with Gasteiger partial charge in [-0.3, -0.25) is 10.1 Å². The number of anilines is 1. The van der Waals surface area contributed by atoms with Gasteiger partial charge in [-0.05, 0) is 28.9 Å². The highest BCUT2D eigenvalue weighted by atomic mass is 79.9. The Morgan fingerprint density at radius 3 is 3.00 bits per heavy atom. The molecule has 0 bridgehead atoms. The predicted octanol–water partition coefficient (Wildman–Crippen LogP) is 3.70. The summed E-state index contributed by atoms with van der Waals surface area (Å²) in [6, 6.07) is 4.84. The molecule has 22 heavy (non-hydrogen) atoms. The average molecular weight is 384 g/mol. The Balaban J connectivity index is 1.81. The molecule has 2 aromatic rings. The van der Waals surface area contributed by atoms with Crippen molar-refractivity contribution < 1.29 is 9.66 Å². The first kappa shape index (κ1) is 15.4. The fraction of sp³-hybridized carbons (Fsp3) is 0.357. The number of aryl methyl sites for hydroxylation is 1. The summed E-state index contributed by atoms with van der Waals surface area (Å²) in [5.41, 5.74) is 2.01. The van der Waals surface area contributed by atoms with Crippen molar-refractivity contribution >= 4 is 38.6 Å². The number of ether oxygens (including phenoxy) is 1. The lowest BCUT2D eigenvalue weighted by molar-refractivity contribution is -0.384. The van der Waals surface area contributed by atoms with Crippen LogP contribution in [-0.2, 0) is 4.74 Å². The molecule has 116 valence electrons. The van der Waals surface area contributed by atoms with Crippen molar-refractivity contribution in [3.05, 3.63) is 48.9 Å². The molecule has 1 aliphatic heterocycles. The van der Waals surface area contributed by atoms with E-state index in [-0.39, 0.29) is 11.8 Å². The summed E-state index contributed by atoms with van der Waals surface area (Å²) < 4.78 is 6.53. The van der Waals surface area contributed by atoms with Gasteiger partial charge in [0.25, 0.3) is 5.69 Å². The normalized spacial score (nSPS) is 18.5. The number of rotatable bonds is 3. The van der Waals surface area contributed by atoms with E-state index in [9.17, 15) is 10.1 Å². The number of thiazole rings is 1. The smallest absolute Gasteiger partial charge is 0.270 e. The van der Waals surface area contributed by atoms with Gasteiger partial charge in [0.2, 0.25) is 0 Å². The fourth-order valence-corrected chi connectivity index (χ4v) is 3.86. The number of aromatic nitrogens is 1. The van der Waals surface area contributed by atoms with Crippen LogP contribution in [0.15, 0.2) is 28.1 Å². The lowest BCUT2D eigenvalue weighted by Gasteiger charge is -2.34. The number of non-ortho nitro benzene ring substituents is 1. The first-order valence-electron chi connectivity index (χ1n) is 6.77. The average Bonchev–Trinajstić information content (AvgIpc) is 2.94. The second kappa shape index (κ2) is 6.31. The zero-order valence-corrected chi connectivity index (χ0v) is 14.3. The van der Waals surface area contributed by atoms with Crippen LogP contribution >= 0.6 is 27.3 Å². The second-order valence-electron chi connectivity index (χ2n) is 5.03. The zero-order chi connectivity index (χ0) is 15.7. The van der Waals surface area contributed by atoms with Crippen molar-refractivity contribution in [3.63, 3.8) is 0 Å². The fourth-order valence-electron chi connectivity index (χ4n) is 2.40. The van der Waals surface area contributed by atoms with E-state index in [1.165, 1.54) is 12.1 Å². The molecule has 1 saturated heterocycles. The van der Waals surface area contributed by atoms with E-state index in [0.29, 0.717) is 13.2 Å².